The van der Waals surface area contributed by atoms with E-state index in [2.05, 4.69) is 5.32 Å². The first-order valence-corrected chi connectivity index (χ1v) is 6.19. The standard InChI is InChI=1S/C16H13NO2/c18-11-10-16(12-6-2-1-3-7-12)13-8-4-5-9-14(13)17-15(16)19/h1-9,11H,10H2,(H,17,19). The predicted octanol–water partition coefficient (Wildman–Crippen LogP) is 2.51. The zero-order valence-corrected chi connectivity index (χ0v) is 10.3. The average molecular weight is 251 g/mol. The molecule has 3 rings (SSSR count). The van der Waals surface area contributed by atoms with Gasteiger partial charge in [-0.15, -0.1) is 0 Å². The minimum atomic E-state index is -0.889. The molecule has 2 aromatic carbocycles. The molecule has 1 amide bonds. The Balaban J connectivity index is 2.27. The van der Waals surface area contributed by atoms with Gasteiger partial charge in [0.25, 0.3) is 0 Å². The third kappa shape index (κ3) is 1.58. The van der Waals surface area contributed by atoms with E-state index in [1.165, 1.54) is 0 Å². The van der Waals surface area contributed by atoms with Crippen molar-refractivity contribution in [3.05, 3.63) is 65.7 Å². The van der Waals surface area contributed by atoms with Crippen LogP contribution < -0.4 is 5.32 Å². The second-order valence-electron chi connectivity index (χ2n) is 4.64. The second kappa shape index (κ2) is 4.35. The van der Waals surface area contributed by atoms with Crippen molar-refractivity contribution in [3.8, 4) is 0 Å². The zero-order chi connectivity index (χ0) is 13.3. The summed E-state index contributed by atoms with van der Waals surface area (Å²) in [6.07, 6.45) is 0.967. The molecule has 1 atom stereocenters. The molecule has 2 aromatic rings. The Labute approximate surface area is 111 Å². The molecule has 1 aliphatic heterocycles. The van der Waals surface area contributed by atoms with Gasteiger partial charge in [0.1, 0.15) is 11.7 Å². The molecule has 1 heterocycles. The average Bonchev–Trinajstić information content (AvgIpc) is 2.74. The van der Waals surface area contributed by atoms with Crippen LogP contribution in [0.2, 0.25) is 0 Å². The van der Waals surface area contributed by atoms with Gasteiger partial charge in [0.2, 0.25) is 5.91 Å². The Morgan fingerprint density at radius 2 is 1.68 bits per heavy atom. The molecule has 0 bridgehead atoms. The molecular weight excluding hydrogens is 238 g/mol. The van der Waals surface area contributed by atoms with Gasteiger partial charge in [-0.05, 0) is 17.2 Å². The lowest BCUT2D eigenvalue weighted by atomic mass is 9.73. The van der Waals surface area contributed by atoms with Crippen molar-refractivity contribution in [2.75, 3.05) is 5.32 Å². The highest BCUT2D eigenvalue weighted by Crippen LogP contribution is 2.44. The summed E-state index contributed by atoms with van der Waals surface area (Å²) in [6, 6.07) is 17.0. The highest BCUT2D eigenvalue weighted by atomic mass is 16.2. The number of aldehydes is 1. The lowest BCUT2D eigenvalue weighted by Gasteiger charge is -2.25. The van der Waals surface area contributed by atoms with Crippen molar-refractivity contribution in [3.63, 3.8) is 0 Å². The molecule has 3 heteroatoms. The van der Waals surface area contributed by atoms with Crippen molar-refractivity contribution >= 4 is 17.9 Å². The third-order valence-corrected chi connectivity index (χ3v) is 3.68. The Kier molecular flexibility index (Phi) is 2.67. The molecule has 3 nitrogen and oxygen atoms in total. The molecule has 0 saturated carbocycles. The lowest BCUT2D eigenvalue weighted by Crippen LogP contribution is -2.36. The summed E-state index contributed by atoms with van der Waals surface area (Å²) >= 11 is 0. The fraction of sp³-hybridized carbons (Fsp3) is 0.125. The molecule has 1 unspecified atom stereocenters. The van der Waals surface area contributed by atoms with Gasteiger partial charge >= 0.3 is 0 Å². The molecule has 94 valence electrons. The molecule has 0 aliphatic carbocycles. The van der Waals surface area contributed by atoms with Crippen LogP contribution in [0.1, 0.15) is 17.5 Å². The van der Waals surface area contributed by atoms with Crippen LogP contribution in [0.5, 0.6) is 0 Å². The van der Waals surface area contributed by atoms with Crippen molar-refractivity contribution in [2.45, 2.75) is 11.8 Å². The summed E-state index contributed by atoms with van der Waals surface area (Å²) < 4.78 is 0. The summed E-state index contributed by atoms with van der Waals surface area (Å²) in [7, 11) is 0. The van der Waals surface area contributed by atoms with E-state index in [0.29, 0.717) is 0 Å². The van der Waals surface area contributed by atoms with Gasteiger partial charge in [-0.1, -0.05) is 48.5 Å². The summed E-state index contributed by atoms with van der Waals surface area (Å²) in [6.45, 7) is 0. The minimum absolute atomic E-state index is 0.132. The first kappa shape index (κ1) is 11.7. The van der Waals surface area contributed by atoms with E-state index >= 15 is 0 Å². The largest absolute Gasteiger partial charge is 0.325 e. The Hall–Kier alpha value is -2.42. The fourth-order valence-electron chi connectivity index (χ4n) is 2.77. The van der Waals surface area contributed by atoms with Gasteiger partial charge in [-0.2, -0.15) is 0 Å². The summed E-state index contributed by atoms with van der Waals surface area (Å²) in [5.74, 6) is -0.132. The van der Waals surface area contributed by atoms with Gasteiger partial charge in [-0.3, -0.25) is 4.79 Å². The van der Waals surface area contributed by atoms with E-state index in [4.69, 9.17) is 0 Å². The van der Waals surface area contributed by atoms with Gasteiger partial charge in [0, 0.05) is 12.1 Å². The number of fused-ring (bicyclic) bond motifs is 1. The van der Waals surface area contributed by atoms with Crippen LogP contribution in [0, 0.1) is 0 Å². The van der Waals surface area contributed by atoms with Crippen LogP contribution in [0.15, 0.2) is 54.6 Å². The molecule has 19 heavy (non-hydrogen) atoms. The van der Waals surface area contributed by atoms with Crippen molar-refractivity contribution in [2.24, 2.45) is 0 Å². The molecule has 0 saturated heterocycles. The molecule has 0 fully saturated rings. The highest BCUT2D eigenvalue weighted by molar-refractivity contribution is 6.09. The van der Waals surface area contributed by atoms with Crippen LogP contribution in [0.3, 0.4) is 0 Å². The molecule has 0 spiro atoms. The number of rotatable bonds is 3. The van der Waals surface area contributed by atoms with Gasteiger partial charge in [0.05, 0.1) is 0 Å². The smallest absolute Gasteiger partial charge is 0.240 e. The number of amides is 1. The molecule has 0 radical (unpaired) electrons. The summed E-state index contributed by atoms with van der Waals surface area (Å²) in [4.78, 5) is 23.6. The van der Waals surface area contributed by atoms with E-state index in [1.807, 2.05) is 54.6 Å². The fourth-order valence-corrected chi connectivity index (χ4v) is 2.77. The Morgan fingerprint density at radius 1 is 1.00 bits per heavy atom. The monoisotopic (exact) mass is 251 g/mol. The normalized spacial score (nSPS) is 20.7. The van der Waals surface area contributed by atoms with E-state index < -0.39 is 5.41 Å². The maximum Gasteiger partial charge on any atom is 0.240 e. The number of para-hydroxylation sites is 1. The van der Waals surface area contributed by atoms with Crippen molar-refractivity contribution in [1.82, 2.24) is 0 Å². The molecule has 1 aliphatic rings. The number of carbonyl (C=O) groups excluding carboxylic acids is 2. The molecular formula is C16H13NO2. The first-order valence-electron chi connectivity index (χ1n) is 6.19. The molecule has 1 N–H and O–H groups in total. The van der Waals surface area contributed by atoms with Crippen molar-refractivity contribution < 1.29 is 9.59 Å². The number of nitrogens with one attached hydrogen (secondary N) is 1. The van der Waals surface area contributed by atoms with Crippen LogP contribution in [0.4, 0.5) is 5.69 Å². The van der Waals surface area contributed by atoms with Crippen molar-refractivity contribution in [1.29, 1.82) is 0 Å². The highest BCUT2D eigenvalue weighted by Gasteiger charge is 2.47. The SMILES string of the molecule is O=CCC1(c2ccccc2)C(=O)Nc2ccccc21. The Morgan fingerprint density at radius 3 is 2.42 bits per heavy atom. The number of carbonyl (C=O) groups is 2. The van der Waals surface area contributed by atoms with Crippen LogP contribution in [0.25, 0.3) is 0 Å². The van der Waals surface area contributed by atoms with Crippen LogP contribution >= 0.6 is 0 Å². The first-order chi connectivity index (χ1) is 9.29. The Bertz CT molecular complexity index is 636. The number of anilines is 1. The van der Waals surface area contributed by atoms with Gasteiger partial charge in [0.15, 0.2) is 0 Å². The van der Waals surface area contributed by atoms with Gasteiger partial charge in [-0.25, -0.2) is 0 Å². The second-order valence-corrected chi connectivity index (χ2v) is 4.64. The van der Waals surface area contributed by atoms with E-state index in [1.54, 1.807) is 0 Å². The maximum atomic E-state index is 12.5. The zero-order valence-electron chi connectivity index (χ0n) is 10.3. The number of benzene rings is 2. The molecule has 0 aromatic heterocycles. The third-order valence-electron chi connectivity index (χ3n) is 3.68. The van der Waals surface area contributed by atoms with E-state index in [0.717, 1.165) is 23.1 Å². The minimum Gasteiger partial charge on any atom is -0.325 e. The van der Waals surface area contributed by atoms with E-state index in [-0.39, 0.29) is 12.3 Å². The topological polar surface area (TPSA) is 46.2 Å². The summed E-state index contributed by atoms with van der Waals surface area (Å²) in [5, 5.41) is 2.87. The van der Waals surface area contributed by atoms with Crippen LogP contribution in [-0.2, 0) is 15.0 Å². The predicted molar refractivity (Wildman–Crippen MR) is 73.0 cm³/mol. The van der Waals surface area contributed by atoms with E-state index in [9.17, 15) is 9.59 Å². The maximum absolute atomic E-state index is 12.5. The number of hydrogen-bond donors (Lipinski definition) is 1. The number of hydrogen-bond acceptors (Lipinski definition) is 2. The van der Waals surface area contributed by atoms with Gasteiger partial charge < -0.3 is 10.1 Å². The lowest BCUT2D eigenvalue weighted by molar-refractivity contribution is -0.122. The van der Waals surface area contributed by atoms with Crippen LogP contribution in [-0.4, -0.2) is 12.2 Å². The quantitative estimate of drug-likeness (QED) is 0.852. The summed E-state index contributed by atoms with van der Waals surface area (Å²) in [5.41, 5.74) is 1.63.